The Hall–Kier alpha value is -2.58. The number of nitrogen functional groups attached to an aromatic ring is 1. The van der Waals surface area contributed by atoms with Gasteiger partial charge in [0, 0.05) is 5.69 Å². The maximum absolute atomic E-state index is 12.8. The number of carbonyl (C=O) groups excluding carboxylic acids is 2. The lowest BCUT2D eigenvalue weighted by Crippen LogP contribution is -2.43. The maximum atomic E-state index is 12.8. The smallest absolute Gasteiger partial charge is 0.340 e. The van der Waals surface area contributed by atoms with Crippen molar-refractivity contribution in [2.45, 2.75) is 12.5 Å². The average molecular weight is 423 g/mol. The predicted octanol–water partition coefficient (Wildman–Crippen LogP) is 2.30. The number of hydrogen-bond acceptors (Lipinski definition) is 6. The van der Waals surface area contributed by atoms with Crippen LogP contribution in [0.3, 0.4) is 0 Å². The molecule has 2 aromatic carbocycles. The third kappa shape index (κ3) is 4.45. The first-order valence-corrected chi connectivity index (χ1v) is 10.8. The van der Waals surface area contributed by atoms with Gasteiger partial charge in [-0.25, -0.2) is 13.2 Å². The largest absolute Gasteiger partial charge is 0.452 e. The van der Waals surface area contributed by atoms with E-state index < -0.39 is 34.4 Å². The van der Waals surface area contributed by atoms with E-state index in [0.717, 1.165) is 0 Å². The van der Waals surface area contributed by atoms with Gasteiger partial charge in [-0.15, -0.1) is 0 Å². The van der Waals surface area contributed by atoms with Gasteiger partial charge in [-0.2, -0.15) is 0 Å². The highest BCUT2D eigenvalue weighted by molar-refractivity contribution is 7.91. The number of nitrogens with zero attached hydrogens (tertiary/aromatic N) is 1. The van der Waals surface area contributed by atoms with Gasteiger partial charge in [-0.05, 0) is 30.7 Å². The number of hydrogen-bond donors (Lipinski definition) is 1. The summed E-state index contributed by atoms with van der Waals surface area (Å²) in [5.74, 6) is -1.39. The Bertz CT molecular complexity index is 995. The molecule has 1 heterocycles. The molecule has 0 radical (unpaired) electrons. The second-order valence-electron chi connectivity index (χ2n) is 6.43. The number of esters is 1. The van der Waals surface area contributed by atoms with Crippen molar-refractivity contribution in [3.63, 3.8) is 0 Å². The van der Waals surface area contributed by atoms with Crippen LogP contribution in [0.25, 0.3) is 0 Å². The van der Waals surface area contributed by atoms with Gasteiger partial charge in [-0.1, -0.05) is 35.9 Å². The fourth-order valence-corrected chi connectivity index (χ4v) is 4.99. The van der Waals surface area contributed by atoms with Gasteiger partial charge in [0.15, 0.2) is 16.4 Å². The molecule has 1 fully saturated rings. The molecule has 1 atom stereocenters. The molecule has 9 heteroatoms. The predicted molar refractivity (Wildman–Crippen MR) is 107 cm³/mol. The highest BCUT2D eigenvalue weighted by atomic mass is 35.5. The van der Waals surface area contributed by atoms with E-state index in [0.29, 0.717) is 12.1 Å². The Balaban J connectivity index is 1.77. The summed E-state index contributed by atoms with van der Waals surface area (Å²) in [5, 5.41) is 0.211. The second kappa shape index (κ2) is 8.20. The molecular weight excluding hydrogens is 404 g/mol. The molecule has 3 rings (SSSR count). The van der Waals surface area contributed by atoms with Gasteiger partial charge in [0.25, 0.3) is 5.91 Å². The van der Waals surface area contributed by atoms with Gasteiger partial charge < -0.3 is 15.4 Å². The number of sulfone groups is 1. The number of ether oxygens (including phenoxy) is 1. The molecular formula is C19H19ClN2O5S. The van der Waals surface area contributed by atoms with Crippen LogP contribution < -0.4 is 10.6 Å². The summed E-state index contributed by atoms with van der Waals surface area (Å²) in [5.41, 5.74) is 6.46. The molecule has 0 aromatic heterocycles. The fourth-order valence-electron chi connectivity index (χ4n) is 3.12. The molecule has 0 aliphatic carbocycles. The van der Waals surface area contributed by atoms with Crippen molar-refractivity contribution in [1.82, 2.24) is 0 Å². The van der Waals surface area contributed by atoms with E-state index in [9.17, 15) is 18.0 Å². The minimum Gasteiger partial charge on any atom is -0.452 e. The van der Waals surface area contributed by atoms with E-state index >= 15 is 0 Å². The number of rotatable bonds is 5. The van der Waals surface area contributed by atoms with Crippen LogP contribution in [-0.2, 0) is 19.4 Å². The average Bonchev–Trinajstić information content (AvgIpc) is 3.02. The number of nitrogens with two attached hydrogens (primary N) is 1. The van der Waals surface area contributed by atoms with E-state index in [-0.39, 0.29) is 27.8 Å². The third-order valence-corrected chi connectivity index (χ3v) is 6.56. The molecule has 28 heavy (non-hydrogen) atoms. The SMILES string of the molecule is Nc1c(Cl)cccc1C(=O)OCC(=O)N(c1ccccc1)C1CCS(=O)(=O)C1. The molecule has 1 saturated heterocycles. The van der Waals surface area contributed by atoms with E-state index in [1.807, 2.05) is 0 Å². The van der Waals surface area contributed by atoms with Crippen LogP contribution in [0.1, 0.15) is 16.8 Å². The topological polar surface area (TPSA) is 107 Å². The van der Waals surface area contributed by atoms with Crippen molar-refractivity contribution in [2.24, 2.45) is 0 Å². The molecule has 1 amide bonds. The van der Waals surface area contributed by atoms with Gasteiger partial charge in [-0.3, -0.25) is 4.79 Å². The van der Waals surface area contributed by atoms with E-state index in [2.05, 4.69) is 0 Å². The molecule has 2 aromatic rings. The molecule has 1 unspecified atom stereocenters. The Kier molecular flexibility index (Phi) is 5.90. The Labute approximate surface area is 168 Å². The monoisotopic (exact) mass is 422 g/mol. The molecule has 0 bridgehead atoms. The molecule has 7 nitrogen and oxygen atoms in total. The lowest BCUT2D eigenvalue weighted by atomic mass is 10.1. The number of benzene rings is 2. The summed E-state index contributed by atoms with van der Waals surface area (Å²) in [4.78, 5) is 26.5. The summed E-state index contributed by atoms with van der Waals surface area (Å²) in [7, 11) is -3.20. The van der Waals surface area contributed by atoms with Crippen molar-refractivity contribution in [1.29, 1.82) is 0 Å². The molecule has 2 N–H and O–H groups in total. The van der Waals surface area contributed by atoms with E-state index in [4.69, 9.17) is 22.1 Å². The molecule has 148 valence electrons. The first-order chi connectivity index (χ1) is 13.3. The second-order valence-corrected chi connectivity index (χ2v) is 9.07. The summed E-state index contributed by atoms with van der Waals surface area (Å²) in [6, 6.07) is 12.7. The highest BCUT2D eigenvalue weighted by Crippen LogP contribution is 2.25. The zero-order valence-corrected chi connectivity index (χ0v) is 16.4. The van der Waals surface area contributed by atoms with Crippen LogP contribution in [0.15, 0.2) is 48.5 Å². The quantitative estimate of drug-likeness (QED) is 0.585. The van der Waals surface area contributed by atoms with Crippen molar-refractivity contribution in [3.05, 3.63) is 59.1 Å². The zero-order chi connectivity index (χ0) is 20.3. The molecule has 0 saturated carbocycles. The normalized spacial score (nSPS) is 17.8. The lowest BCUT2D eigenvalue weighted by Gasteiger charge is -2.28. The molecule has 1 aliphatic rings. The summed E-state index contributed by atoms with van der Waals surface area (Å²) >= 11 is 5.90. The van der Waals surface area contributed by atoms with Crippen LogP contribution in [0.5, 0.6) is 0 Å². The Morgan fingerprint density at radius 2 is 1.86 bits per heavy atom. The first-order valence-electron chi connectivity index (χ1n) is 8.57. The summed E-state index contributed by atoms with van der Waals surface area (Å²) in [6.45, 7) is -0.545. The van der Waals surface area contributed by atoms with Crippen molar-refractivity contribution >= 4 is 44.7 Å². The van der Waals surface area contributed by atoms with Gasteiger partial charge in [0.2, 0.25) is 0 Å². The van der Waals surface area contributed by atoms with Crippen molar-refractivity contribution in [3.8, 4) is 0 Å². The van der Waals surface area contributed by atoms with Crippen molar-refractivity contribution in [2.75, 3.05) is 28.7 Å². The van der Waals surface area contributed by atoms with Gasteiger partial charge in [0.1, 0.15) is 0 Å². The summed E-state index contributed by atoms with van der Waals surface area (Å²) in [6.07, 6.45) is 0.332. The summed E-state index contributed by atoms with van der Waals surface area (Å²) < 4.78 is 28.9. The zero-order valence-electron chi connectivity index (χ0n) is 14.9. The number of para-hydroxylation sites is 2. The highest BCUT2D eigenvalue weighted by Gasteiger charge is 2.35. The Morgan fingerprint density at radius 3 is 2.50 bits per heavy atom. The molecule has 0 spiro atoms. The number of amides is 1. The minimum atomic E-state index is -3.20. The van der Waals surface area contributed by atoms with E-state index in [1.54, 1.807) is 36.4 Å². The number of anilines is 2. The number of carbonyl (C=O) groups is 2. The minimum absolute atomic E-state index is 0.0209. The standard InChI is InChI=1S/C19H19ClN2O5S/c20-16-8-4-7-15(18(16)21)19(24)27-11-17(23)22(13-5-2-1-3-6-13)14-9-10-28(25,26)12-14/h1-8,14H,9-12,21H2. The Morgan fingerprint density at radius 1 is 1.14 bits per heavy atom. The maximum Gasteiger partial charge on any atom is 0.340 e. The van der Waals surface area contributed by atoms with Crippen LogP contribution >= 0.6 is 11.6 Å². The fraction of sp³-hybridized carbons (Fsp3) is 0.263. The van der Waals surface area contributed by atoms with Crippen molar-refractivity contribution < 1.29 is 22.7 Å². The van der Waals surface area contributed by atoms with Crippen LogP contribution in [0, 0.1) is 0 Å². The van der Waals surface area contributed by atoms with Gasteiger partial charge in [0.05, 0.1) is 33.8 Å². The van der Waals surface area contributed by atoms with Crippen LogP contribution in [0.4, 0.5) is 11.4 Å². The number of halogens is 1. The molecule has 1 aliphatic heterocycles. The third-order valence-electron chi connectivity index (χ3n) is 4.48. The van der Waals surface area contributed by atoms with Crippen LogP contribution in [-0.4, -0.2) is 44.4 Å². The van der Waals surface area contributed by atoms with Crippen LogP contribution in [0.2, 0.25) is 5.02 Å². The lowest BCUT2D eigenvalue weighted by molar-refractivity contribution is -0.122. The first kappa shape index (κ1) is 20.2. The van der Waals surface area contributed by atoms with Gasteiger partial charge >= 0.3 is 5.97 Å². The van der Waals surface area contributed by atoms with E-state index in [1.165, 1.54) is 17.0 Å².